The van der Waals surface area contributed by atoms with Crippen molar-refractivity contribution < 1.29 is 17.9 Å². The van der Waals surface area contributed by atoms with E-state index < -0.39 is 12.1 Å². The van der Waals surface area contributed by atoms with E-state index in [1.165, 1.54) is 18.2 Å². The maximum atomic E-state index is 12.3. The van der Waals surface area contributed by atoms with E-state index in [0.717, 1.165) is 0 Å². The summed E-state index contributed by atoms with van der Waals surface area (Å²) in [6.07, 6.45) is -2.68. The van der Waals surface area contributed by atoms with Crippen LogP contribution in [0.3, 0.4) is 0 Å². The lowest BCUT2D eigenvalue weighted by molar-refractivity contribution is -0.180. The van der Waals surface area contributed by atoms with Gasteiger partial charge in [0, 0.05) is 13.1 Å². The fourth-order valence-corrected chi connectivity index (χ4v) is 1.84. The van der Waals surface area contributed by atoms with Crippen LogP contribution >= 0.6 is 15.9 Å². The SMILES string of the molecule is COc1nc(N2CC(C(F)(F)F)C2)ncc1Br. The molecule has 8 heteroatoms. The fraction of sp³-hybridized carbons (Fsp3) is 0.556. The third-order valence-electron chi connectivity index (χ3n) is 2.52. The molecule has 1 aliphatic heterocycles. The van der Waals surface area contributed by atoms with Crippen LogP contribution in [0.1, 0.15) is 0 Å². The van der Waals surface area contributed by atoms with Gasteiger partial charge in [0.1, 0.15) is 0 Å². The first kappa shape index (κ1) is 12.4. The molecule has 0 amide bonds. The summed E-state index contributed by atoms with van der Waals surface area (Å²) in [5.74, 6) is -0.725. The van der Waals surface area contributed by atoms with Crippen LogP contribution in [0.15, 0.2) is 10.7 Å². The monoisotopic (exact) mass is 311 g/mol. The van der Waals surface area contributed by atoms with Gasteiger partial charge in [0.15, 0.2) is 0 Å². The predicted octanol–water partition coefficient (Wildman–Crippen LogP) is 2.25. The van der Waals surface area contributed by atoms with E-state index in [0.29, 0.717) is 10.4 Å². The average Bonchev–Trinajstić information content (AvgIpc) is 2.16. The van der Waals surface area contributed by atoms with E-state index in [2.05, 4.69) is 25.9 Å². The summed E-state index contributed by atoms with van der Waals surface area (Å²) in [7, 11) is 1.44. The van der Waals surface area contributed by atoms with Gasteiger partial charge < -0.3 is 9.64 Å². The quantitative estimate of drug-likeness (QED) is 0.839. The summed E-state index contributed by atoms with van der Waals surface area (Å²) in [5, 5.41) is 0. The zero-order valence-electron chi connectivity index (χ0n) is 8.83. The molecule has 0 spiro atoms. The van der Waals surface area contributed by atoms with Gasteiger partial charge in [-0.3, -0.25) is 0 Å². The molecule has 0 bridgehead atoms. The number of ether oxygens (including phenoxy) is 1. The molecule has 0 radical (unpaired) electrons. The van der Waals surface area contributed by atoms with Gasteiger partial charge >= 0.3 is 6.18 Å². The second-order valence-corrected chi connectivity index (χ2v) is 4.53. The molecule has 1 aliphatic rings. The van der Waals surface area contributed by atoms with E-state index in [-0.39, 0.29) is 19.0 Å². The van der Waals surface area contributed by atoms with Crippen LogP contribution in [-0.4, -0.2) is 36.3 Å². The molecule has 0 atom stereocenters. The number of anilines is 1. The van der Waals surface area contributed by atoms with Crippen LogP contribution in [0.5, 0.6) is 5.88 Å². The highest BCUT2D eigenvalue weighted by Gasteiger charge is 2.47. The molecule has 1 aromatic rings. The molecule has 0 aliphatic carbocycles. The van der Waals surface area contributed by atoms with Crippen molar-refractivity contribution in [1.29, 1.82) is 0 Å². The van der Waals surface area contributed by atoms with Gasteiger partial charge in [0.25, 0.3) is 0 Å². The van der Waals surface area contributed by atoms with Crippen molar-refractivity contribution in [1.82, 2.24) is 9.97 Å². The number of hydrogen-bond acceptors (Lipinski definition) is 4. The lowest BCUT2D eigenvalue weighted by Crippen LogP contribution is -2.54. The van der Waals surface area contributed by atoms with Gasteiger partial charge in [-0.15, -0.1) is 0 Å². The third-order valence-corrected chi connectivity index (χ3v) is 3.06. The minimum atomic E-state index is -4.14. The molecular weight excluding hydrogens is 303 g/mol. The van der Waals surface area contributed by atoms with Gasteiger partial charge in [-0.05, 0) is 15.9 Å². The molecule has 2 heterocycles. The molecule has 1 aromatic heterocycles. The summed E-state index contributed by atoms with van der Waals surface area (Å²) in [4.78, 5) is 9.42. The van der Waals surface area contributed by atoms with Crippen LogP contribution < -0.4 is 9.64 Å². The first-order valence-electron chi connectivity index (χ1n) is 4.80. The molecule has 4 nitrogen and oxygen atoms in total. The van der Waals surface area contributed by atoms with Gasteiger partial charge in [-0.2, -0.15) is 18.2 Å². The number of halogens is 4. The van der Waals surface area contributed by atoms with Crippen molar-refractivity contribution in [2.45, 2.75) is 6.18 Å². The van der Waals surface area contributed by atoms with Gasteiger partial charge in [0.05, 0.1) is 23.7 Å². The number of methoxy groups -OCH3 is 1. The minimum absolute atomic E-state index is 0.103. The molecule has 0 N–H and O–H groups in total. The molecule has 2 rings (SSSR count). The first-order chi connectivity index (χ1) is 7.91. The van der Waals surface area contributed by atoms with E-state index in [4.69, 9.17) is 4.74 Å². The zero-order valence-corrected chi connectivity index (χ0v) is 10.4. The molecule has 0 unspecified atom stereocenters. The molecule has 0 saturated carbocycles. The van der Waals surface area contributed by atoms with Crippen molar-refractivity contribution in [3.63, 3.8) is 0 Å². The second kappa shape index (κ2) is 4.32. The number of alkyl halides is 3. The molecule has 0 aromatic carbocycles. The standard InChI is InChI=1S/C9H9BrF3N3O/c1-17-7-6(10)2-14-8(15-7)16-3-5(4-16)9(11,12)13/h2,5H,3-4H2,1H3. The Bertz CT molecular complexity index is 420. The summed E-state index contributed by atoms with van der Waals surface area (Å²) >= 11 is 3.17. The van der Waals surface area contributed by atoms with Crippen molar-refractivity contribution in [2.24, 2.45) is 5.92 Å². The van der Waals surface area contributed by atoms with E-state index in [1.807, 2.05) is 0 Å². The molecule has 94 valence electrons. The van der Waals surface area contributed by atoms with Gasteiger partial charge in [-0.1, -0.05) is 0 Å². The van der Waals surface area contributed by atoms with Gasteiger partial charge in [0.2, 0.25) is 11.8 Å². The molecule has 17 heavy (non-hydrogen) atoms. The van der Waals surface area contributed by atoms with E-state index >= 15 is 0 Å². The number of aromatic nitrogens is 2. The van der Waals surface area contributed by atoms with Crippen LogP contribution in [0.25, 0.3) is 0 Å². The Balaban J connectivity index is 2.07. The lowest BCUT2D eigenvalue weighted by Gasteiger charge is -2.39. The van der Waals surface area contributed by atoms with E-state index in [9.17, 15) is 13.2 Å². The summed E-state index contributed by atoms with van der Waals surface area (Å²) < 4.78 is 42.4. The van der Waals surface area contributed by atoms with Crippen LogP contribution in [0, 0.1) is 5.92 Å². The summed E-state index contributed by atoms with van der Waals surface area (Å²) in [6.45, 7) is -0.206. The topological polar surface area (TPSA) is 38.2 Å². The van der Waals surface area contributed by atoms with Crippen molar-refractivity contribution in [3.05, 3.63) is 10.7 Å². The zero-order chi connectivity index (χ0) is 12.6. The third kappa shape index (κ3) is 2.46. The molecule has 1 fully saturated rings. The Morgan fingerprint density at radius 3 is 2.65 bits per heavy atom. The van der Waals surface area contributed by atoms with Crippen molar-refractivity contribution in [3.8, 4) is 5.88 Å². The highest BCUT2D eigenvalue weighted by Crippen LogP contribution is 2.35. The van der Waals surface area contributed by atoms with E-state index in [1.54, 1.807) is 0 Å². The average molecular weight is 312 g/mol. The highest BCUT2D eigenvalue weighted by atomic mass is 79.9. The Kier molecular flexibility index (Phi) is 3.15. The maximum Gasteiger partial charge on any atom is 0.395 e. The summed E-state index contributed by atoms with van der Waals surface area (Å²) in [6, 6.07) is 0. The summed E-state index contributed by atoms with van der Waals surface area (Å²) in [5.41, 5.74) is 0. The minimum Gasteiger partial charge on any atom is -0.480 e. The highest BCUT2D eigenvalue weighted by molar-refractivity contribution is 9.10. The number of nitrogens with zero attached hydrogens (tertiary/aromatic N) is 3. The predicted molar refractivity (Wildman–Crippen MR) is 58.0 cm³/mol. The van der Waals surface area contributed by atoms with Gasteiger partial charge in [-0.25, -0.2) is 4.98 Å². The van der Waals surface area contributed by atoms with Crippen molar-refractivity contribution >= 4 is 21.9 Å². The normalized spacial score (nSPS) is 16.9. The van der Waals surface area contributed by atoms with Crippen LogP contribution in [-0.2, 0) is 0 Å². The maximum absolute atomic E-state index is 12.3. The number of hydrogen-bond donors (Lipinski definition) is 0. The molecule has 1 saturated heterocycles. The Morgan fingerprint density at radius 1 is 1.47 bits per heavy atom. The van der Waals surface area contributed by atoms with Crippen LogP contribution in [0.2, 0.25) is 0 Å². The smallest absolute Gasteiger partial charge is 0.395 e. The molecular formula is C9H9BrF3N3O. The second-order valence-electron chi connectivity index (χ2n) is 3.67. The Labute approximate surface area is 104 Å². The fourth-order valence-electron chi connectivity index (χ4n) is 1.49. The Morgan fingerprint density at radius 2 is 2.12 bits per heavy atom. The van der Waals surface area contributed by atoms with Crippen molar-refractivity contribution in [2.75, 3.05) is 25.1 Å². The Hall–Kier alpha value is -1.05. The number of rotatable bonds is 2. The largest absolute Gasteiger partial charge is 0.480 e. The lowest BCUT2D eigenvalue weighted by atomic mass is 10.0. The first-order valence-corrected chi connectivity index (χ1v) is 5.59. The van der Waals surface area contributed by atoms with Crippen LogP contribution in [0.4, 0.5) is 19.1 Å².